The Balaban J connectivity index is 1.91. The highest BCUT2D eigenvalue weighted by molar-refractivity contribution is 14.1. The van der Waals surface area contributed by atoms with E-state index in [2.05, 4.69) is 27.9 Å². The Labute approximate surface area is 103 Å². The maximum Gasteiger partial charge on any atom is 0.164 e. The van der Waals surface area contributed by atoms with Crippen LogP contribution in [0.4, 0.5) is 0 Å². The number of furan rings is 1. The molecule has 1 heterocycles. The van der Waals surface area contributed by atoms with Crippen LogP contribution in [0, 0.1) is 3.77 Å². The van der Waals surface area contributed by atoms with E-state index in [9.17, 15) is 5.11 Å². The van der Waals surface area contributed by atoms with Gasteiger partial charge >= 0.3 is 0 Å². The largest absolute Gasteiger partial charge is 0.454 e. The highest BCUT2D eigenvalue weighted by atomic mass is 127. The summed E-state index contributed by atoms with van der Waals surface area (Å²) in [6, 6.07) is 3.94. The fourth-order valence-electron chi connectivity index (χ4n) is 2.16. The molecule has 1 aromatic rings. The zero-order valence-electron chi connectivity index (χ0n) is 8.63. The second-order valence-corrected chi connectivity index (χ2v) is 5.27. The van der Waals surface area contributed by atoms with Gasteiger partial charge in [-0.15, -0.1) is 0 Å². The first kappa shape index (κ1) is 11.4. The van der Waals surface area contributed by atoms with E-state index in [0.29, 0.717) is 6.54 Å². The molecule has 0 bridgehead atoms. The Morgan fingerprint density at radius 2 is 2.13 bits per heavy atom. The van der Waals surface area contributed by atoms with Crippen LogP contribution in [0.15, 0.2) is 16.5 Å². The minimum Gasteiger partial charge on any atom is -0.454 e. The zero-order valence-corrected chi connectivity index (χ0v) is 10.8. The fourth-order valence-corrected chi connectivity index (χ4v) is 2.63. The van der Waals surface area contributed by atoms with Crippen LogP contribution in [-0.2, 0) is 6.54 Å². The third kappa shape index (κ3) is 2.73. The second kappa shape index (κ2) is 4.84. The Morgan fingerprint density at radius 1 is 1.40 bits per heavy atom. The van der Waals surface area contributed by atoms with Crippen LogP contribution in [0.3, 0.4) is 0 Å². The number of hydrogen-bond acceptors (Lipinski definition) is 3. The molecule has 3 nitrogen and oxygen atoms in total. The summed E-state index contributed by atoms with van der Waals surface area (Å²) in [4.78, 5) is 0. The zero-order chi connectivity index (χ0) is 10.7. The SMILES string of the molecule is OCC1(NCc2ccc(I)o2)CCCC1. The average Bonchev–Trinajstić information content (AvgIpc) is 2.85. The summed E-state index contributed by atoms with van der Waals surface area (Å²) >= 11 is 2.16. The highest BCUT2D eigenvalue weighted by Gasteiger charge is 2.32. The maximum absolute atomic E-state index is 9.41. The Hall–Kier alpha value is -0.0700. The number of halogens is 1. The Bertz CT molecular complexity index is 318. The van der Waals surface area contributed by atoms with Crippen LogP contribution < -0.4 is 5.32 Å². The molecule has 0 atom stereocenters. The molecule has 0 radical (unpaired) electrons. The van der Waals surface area contributed by atoms with Gasteiger partial charge in [-0.2, -0.15) is 0 Å². The second-order valence-electron chi connectivity index (χ2n) is 4.20. The summed E-state index contributed by atoms with van der Waals surface area (Å²) in [5.41, 5.74) is -0.0573. The summed E-state index contributed by atoms with van der Waals surface area (Å²) in [6.45, 7) is 0.939. The van der Waals surface area contributed by atoms with Crippen molar-refractivity contribution in [3.63, 3.8) is 0 Å². The molecule has 1 fully saturated rings. The lowest BCUT2D eigenvalue weighted by atomic mass is 9.99. The predicted octanol–water partition coefficient (Wildman–Crippen LogP) is 2.28. The molecule has 0 amide bonds. The molecule has 1 saturated carbocycles. The molecule has 0 aliphatic heterocycles. The van der Waals surface area contributed by atoms with Gasteiger partial charge in [-0.25, -0.2) is 0 Å². The third-order valence-electron chi connectivity index (χ3n) is 3.13. The summed E-state index contributed by atoms with van der Waals surface area (Å²) in [5.74, 6) is 0.944. The van der Waals surface area contributed by atoms with Crippen molar-refractivity contribution in [3.05, 3.63) is 21.7 Å². The van der Waals surface area contributed by atoms with Crippen LogP contribution >= 0.6 is 22.6 Å². The van der Waals surface area contributed by atoms with Crippen molar-refractivity contribution in [1.82, 2.24) is 5.32 Å². The minimum atomic E-state index is -0.0573. The lowest BCUT2D eigenvalue weighted by Crippen LogP contribution is -2.45. The maximum atomic E-state index is 9.41. The topological polar surface area (TPSA) is 45.4 Å². The van der Waals surface area contributed by atoms with Crippen molar-refractivity contribution in [2.24, 2.45) is 0 Å². The standard InChI is InChI=1S/C11H16INO2/c12-10-4-3-9(15-10)7-13-11(8-14)5-1-2-6-11/h3-4,13-14H,1-2,5-8H2. The normalized spacial score (nSPS) is 19.6. The quantitative estimate of drug-likeness (QED) is 0.837. The van der Waals surface area contributed by atoms with Crippen molar-refractivity contribution in [1.29, 1.82) is 0 Å². The molecule has 1 aliphatic carbocycles. The molecule has 0 unspecified atom stereocenters. The third-order valence-corrected chi connectivity index (χ3v) is 3.71. The van der Waals surface area contributed by atoms with Gasteiger partial charge in [0, 0.05) is 5.54 Å². The van der Waals surface area contributed by atoms with Crippen molar-refractivity contribution < 1.29 is 9.52 Å². The molecule has 15 heavy (non-hydrogen) atoms. The van der Waals surface area contributed by atoms with Gasteiger partial charge < -0.3 is 14.8 Å². The van der Waals surface area contributed by atoms with Crippen LogP contribution in [0.5, 0.6) is 0 Å². The van der Waals surface area contributed by atoms with E-state index >= 15 is 0 Å². The van der Waals surface area contributed by atoms with Crippen molar-refractivity contribution in [2.45, 2.75) is 37.8 Å². The van der Waals surface area contributed by atoms with E-state index in [1.165, 1.54) is 12.8 Å². The number of aliphatic hydroxyl groups excluding tert-OH is 1. The van der Waals surface area contributed by atoms with Gasteiger partial charge in [0.05, 0.1) is 13.2 Å². The van der Waals surface area contributed by atoms with E-state index in [1.807, 2.05) is 12.1 Å². The van der Waals surface area contributed by atoms with Crippen LogP contribution in [-0.4, -0.2) is 17.3 Å². The first-order valence-corrected chi connectivity index (χ1v) is 6.42. The lowest BCUT2D eigenvalue weighted by molar-refractivity contribution is 0.160. The molecular weight excluding hydrogens is 305 g/mol. The molecule has 0 aromatic carbocycles. The van der Waals surface area contributed by atoms with E-state index in [-0.39, 0.29) is 12.1 Å². The molecule has 2 N–H and O–H groups in total. The Kier molecular flexibility index (Phi) is 3.69. The summed E-state index contributed by atoms with van der Waals surface area (Å²) in [5, 5.41) is 12.8. The predicted molar refractivity (Wildman–Crippen MR) is 66.5 cm³/mol. The first-order chi connectivity index (χ1) is 7.24. The van der Waals surface area contributed by atoms with Crippen molar-refractivity contribution in [3.8, 4) is 0 Å². The van der Waals surface area contributed by atoms with Gasteiger partial charge in [-0.05, 0) is 47.6 Å². The van der Waals surface area contributed by atoms with E-state index < -0.39 is 0 Å². The van der Waals surface area contributed by atoms with Gasteiger partial charge in [0.2, 0.25) is 0 Å². The number of nitrogens with one attached hydrogen (secondary N) is 1. The van der Waals surface area contributed by atoms with Crippen molar-refractivity contribution in [2.75, 3.05) is 6.61 Å². The van der Waals surface area contributed by atoms with Gasteiger partial charge in [0.1, 0.15) is 5.76 Å². The van der Waals surface area contributed by atoms with Crippen LogP contribution in [0.25, 0.3) is 0 Å². The van der Waals surface area contributed by atoms with Gasteiger partial charge in [0.15, 0.2) is 3.77 Å². The van der Waals surface area contributed by atoms with Gasteiger partial charge in [0.25, 0.3) is 0 Å². The van der Waals surface area contributed by atoms with Gasteiger partial charge in [-0.1, -0.05) is 12.8 Å². The number of aliphatic hydroxyl groups is 1. The molecule has 2 rings (SSSR count). The first-order valence-electron chi connectivity index (χ1n) is 5.34. The lowest BCUT2D eigenvalue weighted by Gasteiger charge is -2.27. The summed E-state index contributed by atoms with van der Waals surface area (Å²) in [6.07, 6.45) is 4.56. The number of rotatable bonds is 4. The van der Waals surface area contributed by atoms with E-state index in [0.717, 1.165) is 22.4 Å². The molecule has 4 heteroatoms. The van der Waals surface area contributed by atoms with E-state index in [1.54, 1.807) is 0 Å². The summed E-state index contributed by atoms with van der Waals surface area (Å²) in [7, 11) is 0. The molecule has 1 aromatic heterocycles. The molecule has 84 valence electrons. The molecule has 0 spiro atoms. The van der Waals surface area contributed by atoms with Crippen molar-refractivity contribution >= 4 is 22.6 Å². The fraction of sp³-hybridized carbons (Fsp3) is 0.636. The Morgan fingerprint density at radius 3 is 2.67 bits per heavy atom. The molecule has 1 aliphatic rings. The summed E-state index contributed by atoms with van der Waals surface area (Å²) < 4.78 is 6.39. The molecular formula is C11H16INO2. The monoisotopic (exact) mass is 321 g/mol. The number of hydrogen-bond donors (Lipinski definition) is 2. The van der Waals surface area contributed by atoms with E-state index in [4.69, 9.17) is 4.42 Å². The van der Waals surface area contributed by atoms with Crippen LogP contribution in [0.2, 0.25) is 0 Å². The van der Waals surface area contributed by atoms with Crippen LogP contribution in [0.1, 0.15) is 31.4 Å². The average molecular weight is 321 g/mol. The highest BCUT2D eigenvalue weighted by Crippen LogP contribution is 2.29. The minimum absolute atomic E-state index is 0.0573. The smallest absolute Gasteiger partial charge is 0.164 e. The molecule has 0 saturated heterocycles. The van der Waals surface area contributed by atoms with Gasteiger partial charge in [-0.3, -0.25) is 0 Å².